The van der Waals surface area contributed by atoms with Gasteiger partial charge in [0.05, 0.1) is 5.56 Å². The zero-order valence-corrected chi connectivity index (χ0v) is 19.4. The van der Waals surface area contributed by atoms with Crippen molar-refractivity contribution in [2.24, 2.45) is 4.99 Å². The van der Waals surface area contributed by atoms with Gasteiger partial charge in [0.25, 0.3) is 0 Å². The van der Waals surface area contributed by atoms with Crippen molar-refractivity contribution >= 4 is 21.6 Å². The van der Waals surface area contributed by atoms with Crippen LogP contribution in [-0.4, -0.2) is 12.4 Å². The standard InChI is InChI=1S/C25H29BrF3NO/c1-3-18-13-20(9-10-21(18)15-26)17(2)30-16-31-22-11-12-23(19-7-5-4-6-8-19)24(14-22)25(27,28)29/h9-14,19H,3-8,15-16H2,1-2H3/b30-17+/i15D2. The molecule has 2 aromatic carbocycles. The van der Waals surface area contributed by atoms with E-state index in [0.717, 1.165) is 49.3 Å². The minimum atomic E-state index is -4.43. The van der Waals surface area contributed by atoms with Crippen molar-refractivity contribution in [3.63, 3.8) is 0 Å². The van der Waals surface area contributed by atoms with Gasteiger partial charge in [-0.25, -0.2) is 0 Å². The van der Waals surface area contributed by atoms with E-state index < -0.39 is 17.0 Å². The molecule has 1 aliphatic rings. The van der Waals surface area contributed by atoms with Crippen LogP contribution in [0.1, 0.15) is 82.4 Å². The predicted octanol–water partition coefficient (Wildman–Crippen LogP) is 8.06. The molecular weight excluding hydrogens is 467 g/mol. The second-order valence-electron chi connectivity index (χ2n) is 7.92. The van der Waals surface area contributed by atoms with Crippen molar-refractivity contribution in [3.8, 4) is 5.75 Å². The Kier molecular flexibility index (Phi) is 7.24. The number of benzene rings is 2. The third-order valence-corrected chi connectivity index (χ3v) is 6.34. The molecule has 0 amide bonds. The van der Waals surface area contributed by atoms with Crippen molar-refractivity contribution < 1.29 is 20.6 Å². The summed E-state index contributed by atoms with van der Waals surface area (Å²) in [6.45, 7) is 3.65. The van der Waals surface area contributed by atoms with Gasteiger partial charge in [-0.1, -0.05) is 60.3 Å². The molecule has 0 spiro atoms. The molecule has 1 saturated carbocycles. The summed E-state index contributed by atoms with van der Waals surface area (Å²) in [5.74, 6) is 0.0987. The fourth-order valence-corrected chi connectivity index (χ4v) is 4.53. The van der Waals surface area contributed by atoms with Crippen LogP contribution in [0.3, 0.4) is 0 Å². The Morgan fingerprint density at radius 3 is 2.52 bits per heavy atom. The largest absolute Gasteiger partial charge is 0.471 e. The molecule has 0 bridgehead atoms. The first kappa shape index (κ1) is 21.0. The lowest BCUT2D eigenvalue weighted by Crippen LogP contribution is -2.14. The van der Waals surface area contributed by atoms with Crippen molar-refractivity contribution in [1.29, 1.82) is 0 Å². The lowest BCUT2D eigenvalue weighted by Gasteiger charge is -2.25. The van der Waals surface area contributed by atoms with Crippen molar-refractivity contribution in [2.75, 3.05) is 6.73 Å². The van der Waals surface area contributed by atoms with Crippen LogP contribution < -0.4 is 4.74 Å². The minimum absolute atomic E-state index is 0.0499. The van der Waals surface area contributed by atoms with Crippen LogP contribution in [0.2, 0.25) is 0 Å². The van der Waals surface area contributed by atoms with E-state index in [0.29, 0.717) is 23.3 Å². The highest BCUT2D eigenvalue weighted by atomic mass is 79.9. The molecule has 168 valence electrons. The molecule has 1 aliphatic carbocycles. The van der Waals surface area contributed by atoms with Crippen LogP contribution in [0.5, 0.6) is 5.75 Å². The van der Waals surface area contributed by atoms with Gasteiger partial charge in [0.1, 0.15) is 5.75 Å². The Morgan fingerprint density at radius 1 is 1.13 bits per heavy atom. The summed E-state index contributed by atoms with van der Waals surface area (Å²) < 4.78 is 62.5. The predicted molar refractivity (Wildman–Crippen MR) is 123 cm³/mol. The van der Waals surface area contributed by atoms with Gasteiger partial charge in [-0.3, -0.25) is 4.99 Å². The molecule has 2 nitrogen and oxygen atoms in total. The van der Waals surface area contributed by atoms with E-state index in [-0.39, 0.29) is 18.4 Å². The maximum atomic E-state index is 13.7. The maximum absolute atomic E-state index is 13.7. The number of alkyl halides is 4. The molecule has 31 heavy (non-hydrogen) atoms. The van der Waals surface area contributed by atoms with E-state index in [9.17, 15) is 13.2 Å². The Morgan fingerprint density at radius 2 is 1.87 bits per heavy atom. The molecule has 2 aromatic rings. The first-order chi connectivity index (χ1) is 15.5. The molecule has 0 N–H and O–H groups in total. The number of aryl methyl sites for hydroxylation is 1. The fraction of sp³-hybridized carbons (Fsp3) is 0.480. The summed E-state index contributed by atoms with van der Waals surface area (Å²) in [6.07, 6.45) is 0.839. The van der Waals surface area contributed by atoms with Gasteiger partial charge in [-0.2, -0.15) is 13.2 Å². The highest BCUT2D eigenvalue weighted by Crippen LogP contribution is 2.42. The van der Waals surface area contributed by atoms with Crippen molar-refractivity contribution in [2.45, 2.75) is 69.7 Å². The van der Waals surface area contributed by atoms with E-state index >= 15 is 0 Å². The smallest absolute Gasteiger partial charge is 0.416 e. The lowest BCUT2D eigenvalue weighted by molar-refractivity contribution is -0.138. The number of rotatable bonds is 7. The van der Waals surface area contributed by atoms with Crippen LogP contribution in [0.4, 0.5) is 13.2 Å². The SMILES string of the molecule is [2H]C([2H])(Br)c1ccc(/C(C)=N/COc2ccc(C3CCCCC3)c(C(F)(F)F)c2)cc1CC. The Hall–Kier alpha value is -1.82. The van der Waals surface area contributed by atoms with Crippen molar-refractivity contribution in [3.05, 3.63) is 64.2 Å². The molecule has 0 atom stereocenters. The molecule has 0 saturated heterocycles. The number of hydrogen-bond donors (Lipinski definition) is 0. The summed E-state index contributed by atoms with van der Waals surface area (Å²) in [7, 11) is 0. The molecule has 0 radical (unpaired) electrons. The molecule has 0 aromatic heterocycles. The summed E-state index contributed by atoms with van der Waals surface area (Å²) in [5.41, 5.74) is 2.67. The third kappa shape index (κ3) is 6.12. The zero-order chi connectivity index (χ0) is 24.2. The number of halogens is 4. The van der Waals surface area contributed by atoms with E-state index in [4.69, 9.17) is 7.48 Å². The molecule has 0 aliphatic heterocycles. The molecule has 0 heterocycles. The van der Waals surface area contributed by atoms with Crippen LogP contribution in [-0.2, 0) is 17.9 Å². The van der Waals surface area contributed by atoms with E-state index in [1.807, 2.05) is 13.0 Å². The molecular formula is C25H29BrF3NO. The lowest BCUT2D eigenvalue weighted by atomic mass is 9.82. The number of nitrogens with zero attached hydrogens (tertiary/aromatic N) is 1. The van der Waals surface area contributed by atoms with Crippen LogP contribution in [0, 0.1) is 0 Å². The van der Waals surface area contributed by atoms with Crippen LogP contribution in [0.15, 0.2) is 41.4 Å². The van der Waals surface area contributed by atoms with Gasteiger partial charge in [0, 0.05) is 13.7 Å². The number of hydrogen-bond acceptors (Lipinski definition) is 2. The van der Waals surface area contributed by atoms with Crippen LogP contribution >= 0.6 is 15.9 Å². The Balaban J connectivity index is 1.75. The first-order valence-electron chi connectivity index (χ1n) is 11.7. The second-order valence-corrected chi connectivity index (χ2v) is 8.32. The van der Waals surface area contributed by atoms with Gasteiger partial charge >= 0.3 is 6.18 Å². The van der Waals surface area contributed by atoms with E-state index in [1.165, 1.54) is 0 Å². The molecule has 0 unspecified atom stereocenters. The summed E-state index contributed by atoms with van der Waals surface area (Å²) in [4.78, 5) is 4.37. The molecule has 6 heteroatoms. The zero-order valence-electron chi connectivity index (χ0n) is 19.9. The van der Waals surface area contributed by atoms with E-state index in [1.54, 1.807) is 31.2 Å². The maximum Gasteiger partial charge on any atom is 0.416 e. The van der Waals surface area contributed by atoms with Gasteiger partial charge in [-0.15, -0.1) is 0 Å². The highest BCUT2D eigenvalue weighted by Gasteiger charge is 2.36. The average molecular weight is 498 g/mol. The van der Waals surface area contributed by atoms with Gasteiger partial charge in [-0.05, 0) is 72.6 Å². The fourth-order valence-electron chi connectivity index (χ4n) is 4.14. The topological polar surface area (TPSA) is 21.6 Å². The van der Waals surface area contributed by atoms with Gasteiger partial charge in [0.15, 0.2) is 6.73 Å². The second kappa shape index (κ2) is 10.7. The van der Waals surface area contributed by atoms with E-state index in [2.05, 4.69) is 20.9 Å². The van der Waals surface area contributed by atoms with Gasteiger partial charge < -0.3 is 4.74 Å². The van der Waals surface area contributed by atoms with Gasteiger partial charge in [0.2, 0.25) is 0 Å². The molecule has 1 fully saturated rings. The summed E-state index contributed by atoms with van der Waals surface area (Å²) >= 11 is 3.06. The first-order valence-corrected chi connectivity index (χ1v) is 11.5. The number of ether oxygens (including phenoxy) is 1. The van der Waals surface area contributed by atoms with Crippen molar-refractivity contribution in [1.82, 2.24) is 0 Å². The number of aliphatic imine (C=N–C) groups is 1. The normalized spacial score (nSPS) is 17.3. The monoisotopic (exact) mass is 497 g/mol. The van der Waals surface area contributed by atoms with Crippen LogP contribution in [0.25, 0.3) is 0 Å². The summed E-state index contributed by atoms with van der Waals surface area (Å²) in [5, 5.41) is -1.62. The summed E-state index contributed by atoms with van der Waals surface area (Å²) in [6, 6.07) is 9.65. The molecule has 3 rings (SSSR count). The quantitative estimate of drug-likeness (QED) is 0.280. The minimum Gasteiger partial charge on any atom is -0.471 e. The highest BCUT2D eigenvalue weighted by molar-refractivity contribution is 9.08. The average Bonchev–Trinajstić information content (AvgIpc) is 2.78. The Labute approximate surface area is 193 Å². The Bertz CT molecular complexity index is 996. The third-order valence-electron chi connectivity index (χ3n) is 5.91.